The van der Waals surface area contributed by atoms with Crippen LogP contribution in [0.3, 0.4) is 0 Å². The van der Waals surface area contributed by atoms with Crippen LogP contribution in [-0.2, 0) is 11.8 Å². The van der Waals surface area contributed by atoms with E-state index in [0.29, 0.717) is 5.92 Å². The molecular formula is C25H23BrN4O. The minimum absolute atomic E-state index is 0.215. The third-order valence-electron chi connectivity index (χ3n) is 6.60. The van der Waals surface area contributed by atoms with E-state index in [1.807, 2.05) is 24.1 Å². The van der Waals surface area contributed by atoms with Gasteiger partial charge in [0.05, 0.1) is 39.7 Å². The number of benzene rings is 2. The maximum Gasteiger partial charge on any atom is 0.0982 e. The number of pyridine rings is 1. The predicted molar refractivity (Wildman–Crippen MR) is 127 cm³/mol. The van der Waals surface area contributed by atoms with Gasteiger partial charge in [-0.3, -0.25) is 9.67 Å². The number of hydrogen-bond donors (Lipinski definition) is 0. The predicted octanol–water partition coefficient (Wildman–Crippen LogP) is 5.85. The molecule has 6 rings (SSSR count). The second-order valence-electron chi connectivity index (χ2n) is 8.36. The van der Waals surface area contributed by atoms with Gasteiger partial charge in [0.25, 0.3) is 0 Å². The topological polar surface area (TPSA) is 44.9 Å². The molecule has 0 aliphatic carbocycles. The Bertz CT molecular complexity index is 1400. The van der Waals surface area contributed by atoms with Crippen molar-refractivity contribution < 1.29 is 4.74 Å². The van der Waals surface area contributed by atoms with Gasteiger partial charge in [-0.15, -0.1) is 0 Å². The zero-order chi connectivity index (χ0) is 20.9. The quantitative estimate of drug-likeness (QED) is 0.329. The Labute approximate surface area is 188 Å². The first kappa shape index (κ1) is 19.0. The van der Waals surface area contributed by atoms with Crippen LogP contribution >= 0.6 is 15.9 Å². The van der Waals surface area contributed by atoms with Crippen molar-refractivity contribution >= 4 is 48.8 Å². The summed E-state index contributed by atoms with van der Waals surface area (Å²) in [6.07, 6.45) is 5.93. The molecule has 1 atom stereocenters. The van der Waals surface area contributed by atoms with Crippen LogP contribution in [0.2, 0.25) is 0 Å². The molecule has 0 amide bonds. The number of aryl methyl sites for hydroxylation is 1. The molecule has 156 valence electrons. The van der Waals surface area contributed by atoms with E-state index in [4.69, 9.17) is 9.72 Å². The van der Waals surface area contributed by atoms with Crippen molar-refractivity contribution in [2.45, 2.75) is 18.9 Å². The minimum Gasteiger partial charge on any atom is -0.381 e. The van der Waals surface area contributed by atoms with Gasteiger partial charge < -0.3 is 9.30 Å². The first-order valence-corrected chi connectivity index (χ1v) is 11.5. The van der Waals surface area contributed by atoms with Crippen molar-refractivity contribution in [3.8, 4) is 0 Å². The molecule has 0 unspecified atom stereocenters. The molecule has 6 heteroatoms. The fourth-order valence-corrected chi connectivity index (χ4v) is 5.56. The lowest BCUT2D eigenvalue weighted by atomic mass is 9.86. The lowest BCUT2D eigenvalue weighted by Crippen LogP contribution is -2.26. The highest BCUT2D eigenvalue weighted by atomic mass is 79.9. The zero-order valence-electron chi connectivity index (χ0n) is 17.3. The maximum absolute atomic E-state index is 5.72. The number of fused-ring (bicyclic) bond motifs is 5. The van der Waals surface area contributed by atoms with E-state index in [9.17, 15) is 0 Å². The molecule has 1 aliphatic rings. The van der Waals surface area contributed by atoms with E-state index in [1.165, 1.54) is 16.5 Å². The van der Waals surface area contributed by atoms with E-state index in [1.54, 1.807) is 0 Å². The molecule has 4 heterocycles. The Hall–Kier alpha value is -2.70. The number of nitrogens with zero attached hydrogens (tertiary/aromatic N) is 4. The van der Waals surface area contributed by atoms with Crippen LogP contribution in [0.4, 0.5) is 0 Å². The molecule has 0 bridgehead atoms. The molecule has 1 aliphatic heterocycles. The molecule has 0 N–H and O–H groups in total. The fourth-order valence-electron chi connectivity index (χ4n) is 5.24. The molecule has 5 nitrogen and oxygen atoms in total. The largest absolute Gasteiger partial charge is 0.381 e. The summed E-state index contributed by atoms with van der Waals surface area (Å²) < 4.78 is 11.2. The zero-order valence-corrected chi connectivity index (χ0v) is 18.9. The third kappa shape index (κ3) is 3.00. The normalized spacial score (nSPS) is 16.5. The van der Waals surface area contributed by atoms with Crippen LogP contribution < -0.4 is 0 Å². The van der Waals surface area contributed by atoms with Crippen molar-refractivity contribution in [1.82, 2.24) is 19.3 Å². The lowest BCUT2D eigenvalue weighted by molar-refractivity contribution is 0.0553. The Balaban J connectivity index is 1.74. The number of halogens is 1. The Kier molecular flexibility index (Phi) is 4.58. The number of hydrogen-bond acceptors (Lipinski definition) is 3. The van der Waals surface area contributed by atoms with E-state index < -0.39 is 0 Å². The smallest absolute Gasteiger partial charge is 0.0982 e. The molecule has 1 saturated heterocycles. The standard InChI is InChI=1S/C25H23BrN4O/c1-29-25-18(14-28-29)7-8-20-22(25)23-21(13-19(26)15-27-23)30(20)24(16-5-3-2-4-6-16)17-9-11-31-12-10-17/h2-8,13-15,17,24H,9-12H2,1H3/t24-/m1/s1. The van der Waals surface area contributed by atoms with Gasteiger partial charge in [0, 0.05) is 36.3 Å². The van der Waals surface area contributed by atoms with E-state index in [0.717, 1.165) is 52.5 Å². The Morgan fingerprint density at radius 1 is 1.03 bits per heavy atom. The summed E-state index contributed by atoms with van der Waals surface area (Å²) in [7, 11) is 2.01. The molecular weight excluding hydrogens is 452 g/mol. The SMILES string of the molecule is Cn1ncc2ccc3c(c4ncc(Br)cc4n3[C@H](c3ccccc3)C3CCOCC3)c21. The van der Waals surface area contributed by atoms with Gasteiger partial charge in [-0.25, -0.2) is 0 Å². The highest BCUT2D eigenvalue weighted by Crippen LogP contribution is 2.42. The van der Waals surface area contributed by atoms with Crippen LogP contribution in [0.1, 0.15) is 24.4 Å². The van der Waals surface area contributed by atoms with E-state index >= 15 is 0 Å². The molecule has 31 heavy (non-hydrogen) atoms. The number of rotatable bonds is 3. The summed E-state index contributed by atoms with van der Waals surface area (Å²) in [5.74, 6) is 0.496. The fraction of sp³-hybridized carbons (Fsp3) is 0.280. The summed E-state index contributed by atoms with van der Waals surface area (Å²) in [5, 5.41) is 6.84. The molecule has 5 aromatic rings. The first-order chi connectivity index (χ1) is 15.2. The third-order valence-corrected chi connectivity index (χ3v) is 7.04. The monoisotopic (exact) mass is 474 g/mol. The Morgan fingerprint density at radius 3 is 2.65 bits per heavy atom. The maximum atomic E-state index is 5.72. The summed E-state index contributed by atoms with van der Waals surface area (Å²) in [5.41, 5.74) is 5.85. The molecule has 0 spiro atoms. The summed E-state index contributed by atoms with van der Waals surface area (Å²) in [4.78, 5) is 4.89. The van der Waals surface area contributed by atoms with Gasteiger partial charge in [-0.1, -0.05) is 30.3 Å². The van der Waals surface area contributed by atoms with Gasteiger partial charge >= 0.3 is 0 Å². The van der Waals surface area contributed by atoms with Crippen LogP contribution in [-0.4, -0.2) is 32.5 Å². The molecule has 0 saturated carbocycles. The van der Waals surface area contributed by atoms with E-state index in [-0.39, 0.29) is 6.04 Å². The summed E-state index contributed by atoms with van der Waals surface area (Å²) >= 11 is 3.67. The van der Waals surface area contributed by atoms with E-state index in [2.05, 4.69) is 74.1 Å². The van der Waals surface area contributed by atoms with Crippen LogP contribution in [0.25, 0.3) is 32.8 Å². The van der Waals surface area contributed by atoms with Crippen molar-refractivity contribution in [2.24, 2.45) is 13.0 Å². The van der Waals surface area contributed by atoms with Crippen molar-refractivity contribution in [3.05, 3.63) is 71.0 Å². The van der Waals surface area contributed by atoms with Gasteiger partial charge in [0.1, 0.15) is 0 Å². The number of ether oxygens (including phenoxy) is 1. The average molecular weight is 475 g/mol. The minimum atomic E-state index is 0.215. The summed E-state index contributed by atoms with van der Waals surface area (Å²) in [6.45, 7) is 1.64. The Morgan fingerprint density at radius 2 is 1.84 bits per heavy atom. The van der Waals surface area contributed by atoms with Gasteiger partial charge in [-0.2, -0.15) is 5.10 Å². The van der Waals surface area contributed by atoms with Crippen molar-refractivity contribution in [1.29, 1.82) is 0 Å². The van der Waals surface area contributed by atoms with Crippen LogP contribution in [0, 0.1) is 5.92 Å². The second-order valence-corrected chi connectivity index (χ2v) is 9.28. The molecule has 2 aromatic carbocycles. The average Bonchev–Trinajstić information content (AvgIpc) is 3.33. The second kappa shape index (κ2) is 7.46. The molecule has 1 fully saturated rings. The highest BCUT2D eigenvalue weighted by Gasteiger charge is 2.30. The lowest BCUT2D eigenvalue weighted by Gasteiger charge is -2.33. The molecule has 0 radical (unpaired) electrons. The van der Waals surface area contributed by atoms with Crippen LogP contribution in [0.15, 0.2) is 65.4 Å². The molecule has 3 aromatic heterocycles. The number of aromatic nitrogens is 4. The highest BCUT2D eigenvalue weighted by molar-refractivity contribution is 9.10. The summed E-state index contributed by atoms with van der Waals surface area (Å²) in [6, 6.07) is 17.7. The van der Waals surface area contributed by atoms with Crippen LogP contribution in [0.5, 0.6) is 0 Å². The van der Waals surface area contributed by atoms with Crippen molar-refractivity contribution in [3.63, 3.8) is 0 Å². The first-order valence-electron chi connectivity index (χ1n) is 10.7. The van der Waals surface area contributed by atoms with Gasteiger partial charge in [0.15, 0.2) is 0 Å². The van der Waals surface area contributed by atoms with Crippen molar-refractivity contribution in [2.75, 3.05) is 13.2 Å². The van der Waals surface area contributed by atoms with Gasteiger partial charge in [0.2, 0.25) is 0 Å². The van der Waals surface area contributed by atoms with Gasteiger partial charge in [-0.05, 0) is 58.5 Å².